The van der Waals surface area contributed by atoms with E-state index in [2.05, 4.69) is 32.9 Å². The zero-order chi connectivity index (χ0) is 24.9. The minimum atomic E-state index is -0.127. The molecule has 1 fully saturated rings. The monoisotopic (exact) mass is 519 g/mol. The molecule has 1 amide bonds. The Bertz CT molecular complexity index is 1080. The molecule has 1 aliphatic rings. The molecule has 2 aromatic rings. The molecule has 34 heavy (non-hydrogen) atoms. The number of carbonyl (C=O) groups is 1. The third-order valence-corrected chi connectivity index (χ3v) is 6.91. The van der Waals surface area contributed by atoms with Crippen molar-refractivity contribution in [1.82, 2.24) is 4.90 Å². The Labute approximate surface area is 216 Å². The van der Waals surface area contributed by atoms with Gasteiger partial charge in [0.2, 0.25) is 0 Å². The van der Waals surface area contributed by atoms with Crippen LogP contribution in [0.5, 0.6) is 17.2 Å². The Morgan fingerprint density at radius 1 is 1.09 bits per heavy atom. The van der Waals surface area contributed by atoms with Gasteiger partial charge in [-0.2, -0.15) is 0 Å². The lowest BCUT2D eigenvalue weighted by Crippen LogP contribution is -2.22. The fourth-order valence-electron chi connectivity index (χ4n) is 3.25. The summed E-state index contributed by atoms with van der Waals surface area (Å²) >= 11 is 13.0. The predicted molar refractivity (Wildman–Crippen MR) is 144 cm³/mol. The van der Waals surface area contributed by atoms with Crippen LogP contribution in [0, 0.1) is 0 Å². The van der Waals surface area contributed by atoms with Crippen LogP contribution in [0.3, 0.4) is 0 Å². The molecule has 0 radical (unpaired) electrons. The highest BCUT2D eigenvalue weighted by atomic mass is 35.5. The van der Waals surface area contributed by atoms with Crippen molar-refractivity contribution in [3.63, 3.8) is 0 Å². The van der Waals surface area contributed by atoms with Crippen molar-refractivity contribution >= 4 is 51.9 Å². The molecule has 0 spiro atoms. The summed E-state index contributed by atoms with van der Waals surface area (Å²) in [6.07, 6.45) is 2.45. The van der Waals surface area contributed by atoms with E-state index in [0.717, 1.165) is 11.3 Å². The van der Waals surface area contributed by atoms with E-state index in [0.29, 0.717) is 52.0 Å². The summed E-state index contributed by atoms with van der Waals surface area (Å²) in [4.78, 5) is 14.3. The van der Waals surface area contributed by atoms with E-state index in [9.17, 15) is 4.79 Å². The van der Waals surface area contributed by atoms with Crippen LogP contribution in [0.4, 0.5) is 0 Å². The highest BCUT2D eigenvalue weighted by Crippen LogP contribution is 2.39. The van der Waals surface area contributed by atoms with Crippen molar-refractivity contribution in [2.24, 2.45) is 0 Å². The number of thioether (sulfide) groups is 1. The Kier molecular flexibility index (Phi) is 8.90. The number of rotatable bonds is 9. The van der Waals surface area contributed by atoms with Gasteiger partial charge in [-0.1, -0.05) is 68.5 Å². The molecule has 8 heteroatoms. The maximum absolute atomic E-state index is 12.3. The minimum absolute atomic E-state index is 0.116. The molecule has 0 bridgehead atoms. The number of halogens is 1. The van der Waals surface area contributed by atoms with Gasteiger partial charge < -0.3 is 14.2 Å². The van der Waals surface area contributed by atoms with Crippen LogP contribution in [0.1, 0.15) is 45.2 Å². The standard InChI is InChI=1S/C26H30ClNO4S2/c1-6-30-21-15-17(16-22-24(29)28(5)25(33)34-22)14-20(27)23(21)32-13-7-12-31-19-10-8-18(9-11-19)26(2,3)4/h8-11,14-16H,6-7,12-13H2,1-5H3/b22-16-. The van der Waals surface area contributed by atoms with Gasteiger partial charge in [0.1, 0.15) is 10.1 Å². The lowest BCUT2D eigenvalue weighted by Gasteiger charge is -2.19. The summed E-state index contributed by atoms with van der Waals surface area (Å²) < 4.78 is 18.1. The molecule has 0 aliphatic carbocycles. The molecular formula is C26H30ClNO4S2. The topological polar surface area (TPSA) is 48.0 Å². The second-order valence-electron chi connectivity index (χ2n) is 8.83. The summed E-state index contributed by atoms with van der Waals surface area (Å²) in [5.74, 6) is 1.73. The fraction of sp³-hybridized carbons (Fsp3) is 0.385. The highest BCUT2D eigenvalue weighted by molar-refractivity contribution is 8.26. The third kappa shape index (κ3) is 6.68. The second-order valence-corrected chi connectivity index (χ2v) is 10.9. The van der Waals surface area contributed by atoms with Gasteiger partial charge in [0, 0.05) is 13.5 Å². The molecule has 0 N–H and O–H groups in total. The first-order valence-corrected chi connectivity index (χ1v) is 12.7. The first-order valence-electron chi connectivity index (χ1n) is 11.1. The average molecular weight is 520 g/mol. The lowest BCUT2D eigenvalue weighted by molar-refractivity contribution is -0.121. The summed E-state index contributed by atoms with van der Waals surface area (Å²) in [6.45, 7) is 9.86. The largest absolute Gasteiger partial charge is 0.493 e. The van der Waals surface area contributed by atoms with Crippen molar-refractivity contribution in [2.45, 2.75) is 39.5 Å². The molecular weight excluding hydrogens is 490 g/mol. The van der Waals surface area contributed by atoms with E-state index in [4.69, 9.17) is 38.0 Å². The molecule has 0 unspecified atom stereocenters. The quantitative estimate of drug-likeness (QED) is 0.208. The van der Waals surface area contributed by atoms with Crippen LogP contribution in [-0.4, -0.2) is 42.0 Å². The van der Waals surface area contributed by atoms with Crippen LogP contribution in [-0.2, 0) is 10.2 Å². The van der Waals surface area contributed by atoms with E-state index in [1.54, 1.807) is 19.2 Å². The number of nitrogens with zero attached hydrogens (tertiary/aromatic N) is 1. The fourth-order valence-corrected chi connectivity index (χ4v) is 4.70. The van der Waals surface area contributed by atoms with Gasteiger partial charge in [-0.25, -0.2) is 0 Å². The number of hydrogen-bond acceptors (Lipinski definition) is 6. The van der Waals surface area contributed by atoms with Gasteiger partial charge in [-0.3, -0.25) is 9.69 Å². The number of ether oxygens (including phenoxy) is 3. The van der Waals surface area contributed by atoms with E-state index in [1.165, 1.54) is 22.2 Å². The number of likely N-dealkylation sites (N-methyl/N-ethyl adjacent to an activating group) is 1. The second kappa shape index (κ2) is 11.5. The van der Waals surface area contributed by atoms with Gasteiger partial charge in [0.25, 0.3) is 5.91 Å². The zero-order valence-corrected chi connectivity index (χ0v) is 22.5. The first-order chi connectivity index (χ1) is 16.1. The lowest BCUT2D eigenvalue weighted by atomic mass is 9.87. The molecule has 1 saturated heterocycles. The van der Waals surface area contributed by atoms with E-state index < -0.39 is 0 Å². The Hall–Kier alpha value is -2.22. The van der Waals surface area contributed by atoms with Crippen molar-refractivity contribution in [3.8, 4) is 17.2 Å². The number of benzene rings is 2. The molecule has 0 atom stereocenters. The normalized spacial score (nSPS) is 15.2. The highest BCUT2D eigenvalue weighted by Gasteiger charge is 2.28. The molecule has 0 aromatic heterocycles. The van der Waals surface area contributed by atoms with Crippen molar-refractivity contribution in [2.75, 3.05) is 26.9 Å². The van der Waals surface area contributed by atoms with Gasteiger partial charge in [0.05, 0.1) is 29.7 Å². The molecule has 2 aromatic carbocycles. The first kappa shape index (κ1) is 26.4. The maximum atomic E-state index is 12.3. The van der Waals surface area contributed by atoms with Gasteiger partial charge >= 0.3 is 0 Å². The molecule has 1 heterocycles. The Morgan fingerprint density at radius 2 is 1.76 bits per heavy atom. The summed E-state index contributed by atoms with van der Waals surface area (Å²) in [6, 6.07) is 11.8. The van der Waals surface area contributed by atoms with Crippen molar-refractivity contribution in [1.29, 1.82) is 0 Å². The van der Waals surface area contributed by atoms with Crippen LogP contribution < -0.4 is 14.2 Å². The van der Waals surface area contributed by atoms with Crippen molar-refractivity contribution in [3.05, 3.63) is 57.5 Å². The summed E-state index contributed by atoms with van der Waals surface area (Å²) in [5.41, 5.74) is 2.13. The van der Waals surface area contributed by atoms with Crippen molar-refractivity contribution < 1.29 is 19.0 Å². The molecule has 182 valence electrons. The molecule has 3 rings (SSSR count). The molecule has 1 aliphatic heterocycles. The Balaban J connectivity index is 1.60. The number of hydrogen-bond donors (Lipinski definition) is 0. The summed E-state index contributed by atoms with van der Waals surface area (Å²) in [7, 11) is 1.67. The van der Waals surface area contributed by atoms with Gasteiger partial charge in [-0.15, -0.1) is 0 Å². The summed E-state index contributed by atoms with van der Waals surface area (Å²) in [5, 5.41) is 0.419. The average Bonchev–Trinajstić information content (AvgIpc) is 3.01. The number of amides is 1. The van der Waals surface area contributed by atoms with Gasteiger partial charge in [0.15, 0.2) is 11.5 Å². The third-order valence-electron chi connectivity index (χ3n) is 5.14. The Morgan fingerprint density at radius 3 is 2.35 bits per heavy atom. The number of carbonyl (C=O) groups excluding carboxylic acids is 1. The molecule has 0 saturated carbocycles. The predicted octanol–water partition coefficient (Wildman–Crippen LogP) is 6.72. The zero-order valence-electron chi connectivity index (χ0n) is 20.1. The minimum Gasteiger partial charge on any atom is -0.493 e. The smallest absolute Gasteiger partial charge is 0.265 e. The SMILES string of the molecule is CCOc1cc(/C=C2\SC(=S)N(C)C2=O)cc(Cl)c1OCCCOc1ccc(C(C)(C)C)cc1. The number of thiocarbonyl (C=S) groups is 1. The van der Waals surface area contributed by atoms with E-state index in [-0.39, 0.29) is 11.3 Å². The van der Waals surface area contributed by atoms with E-state index in [1.807, 2.05) is 25.1 Å². The van der Waals surface area contributed by atoms with E-state index >= 15 is 0 Å². The van der Waals surface area contributed by atoms with Crippen LogP contribution in [0.25, 0.3) is 6.08 Å². The maximum Gasteiger partial charge on any atom is 0.265 e. The van der Waals surface area contributed by atoms with Crippen LogP contribution >= 0.6 is 35.6 Å². The molecule has 5 nitrogen and oxygen atoms in total. The van der Waals surface area contributed by atoms with Gasteiger partial charge in [-0.05, 0) is 53.8 Å². The van der Waals surface area contributed by atoms with Crippen LogP contribution in [0.15, 0.2) is 41.3 Å². The van der Waals surface area contributed by atoms with Crippen LogP contribution in [0.2, 0.25) is 5.02 Å².